The molecule has 0 bridgehead atoms. The molecule has 0 spiro atoms. The Morgan fingerprint density at radius 1 is 1.23 bits per heavy atom. The molecule has 2 rings (SSSR count). The molecule has 0 aromatic carbocycles. The molecule has 1 saturated carbocycles. The maximum Gasteiger partial charge on any atom is 0.410 e. The van der Waals surface area contributed by atoms with Crippen molar-refractivity contribution in [3.05, 3.63) is 0 Å². The van der Waals surface area contributed by atoms with Crippen LogP contribution < -0.4 is 0 Å². The van der Waals surface area contributed by atoms with Crippen LogP contribution in [0.2, 0.25) is 0 Å². The summed E-state index contributed by atoms with van der Waals surface area (Å²) in [4.78, 5) is 14.3. The minimum absolute atomic E-state index is 0.161. The van der Waals surface area contributed by atoms with E-state index in [0.29, 0.717) is 18.0 Å². The van der Waals surface area contributed by atoms with Gasteiger partial charge in [0.05, 0.1) is 18.8 Å². The number of nitrogens with zero attached hydrogens (tertiary/aromatic N) is 1. The molecule has 1 aliphatic heterocycles. The molecule has 4 nitrogen and oxygen atoms in total. The van der Waals surface area contributed by atoms with Crippen LogP contribution in [0.4, 0.5) is 4.79 Å². The van der Waals surface area contributed by atoms with Crippen molar-refractivity contribution in [1.82, 2.24) is 4.90 Å². The van der Waals surface area contributed by atoms with Crippen LogP contribution >= 0.6 is 11.8 Å². The first-order valence-electron chi connectivity index (χ1n) is 8.53. The number of ether oxygens (including phenoxy) is 2. The van der Waals surface area contributed by atoms with Crippen molar-refractivity contribution in [3.63, 3.8) is 0 Å². The van der Waals surface area contributed by atoms with Crippen LogP contribution in [0.3, 0.4) is 0 Å². The molecule has 0 radical (unpaired) electrons. The SMILES string of the molecule is CSC1CC(COC2CCCCC2)N(C(=O)OC(C)(C)C)C1. The number of hydrogen-bond donors (Lipinski definition) is 0. The van der Waals surface area contributed by atoms with E-state index in [0.717, 1.165) is 13.0 Å². The van der Waals surface area contributed by atoms with Gasteiger partial charge in [0.2, 0.25) is 0 Å². The van der Waals surface area contributed by atoms with Crippen molar-refractivity contribution >= 4 is 17.9 Å². The Labute approximate surface area is 139 Å². The molecule has 2 aliphatic rings. The van der Waals surface area contributed by atoms with Crippen LogP contribution in [0.15, 0.2) is 0 Å². The molecule has 2 fully saturated rings. The normalized spacial score (nSPS) is 27.2. The van der Waals surface area contributed by atoms with Crippen LogP contribution in [-0.4, -0.2) is 53.4 Å². The van der Waals surface area contributed by atoms with Gasteiger partial charge in [-0.1, -0.05) is 19.3 Å². The molecule has 0 aromatic rings. The van der Waals surface area contributed by atoms with E-state index in [1.54, 1.807) is 0 Å². The highest BCUT2D eigenvalue weighted by Crippen LogP contribution is 2.29. The number of thioether (sulfide) groups is 1. The highest BCUT2D eigenvalue weighted by atomic mass is 32.2. The molecule has 1 aliphatic carbocycles. The summed E-state index contributed by atoms with van der Waals surface area (Å²) in [5, 5.41) is 0.493. The molecule has 1 heterocycles. The van der Waals surface area contributed by atoms with Crippen LogP contribution in [0, 0.1) is 0 Å². The largest absolute Gasteiger partial charge is 0.444 e. The molecule has 22 heavy (non-hydrogen) atoms. The molecule has 0 aromatic heterocycles. The second kappa shape index (κ2) is 7.91. The van der Waals surface area contributed by atoms with Crippen molar-refractivity contribution in [1.29, 1.82) is 0 Å². The molecule has 1 saturated heterocycles. The van der Waals surface area contributed by atoms with Crippen molar-refractivity contribution in [3.8, 4) is 0 Å². The zero-order valence-electron chi connectivity index (χ0n) is 14.5. The van der Waals surface area contributed by atoms with Crippen molar-refractivity contribution in [2.24, 2.45) is 0 Å². The minimum atomic E-state index is -0.441. The second-order valence-corrected chi connectivity index (χ2v) is 8.61. The molecule has 2 atom stereocenters. The van der Waals surface area contributed by atoms with Crippen LogP contribution in [0.25, 0.3) is 0 Å². The third-order valence-corrected chi connectivity index (χ3v) is 5.42. The van der Waals surface area contributed by atoms with Crippen LogP contribution in [0.5, 0.6) is 0 Å². The first-order valence-corrected chi connectivity index (χ1v) is 9.82. The third kappa shape index (κ3) is 5.34. The Morgan fingerprint density at radius 2 is 1.91 bits per heavy atom. The minimum Gasteiger partial charge on any atom is -0.444 e. The predicted molar refractivity (Wildman–Crippen MR) is 91.5 cm³/mol. The Kier molecular flexibility index (Phi) is 6.45. The third-order valence-electron chi connectivity index (χ3n) is 4.41. The zero-order valence-corrected chi connectivity index (χ0v) is 15.3. The Morgan fingerprint density at radius 3 is 2.50 bits per heavy atom. The highest BCUT2D eigenvalue weighted by Gasteiger charge is 2.37. The average molecular weight is 330 g/mol. The number of carbonyl (C=O) groups excluding carboxylic acids is 1. The lowest BCUT2D eigenvalue weighted by atomic mass is 9.98. The zero-order chi connectivity index (χ0) is 16.2. The fourth-order valence-electron chi connectivity index (χ4n) is 3.23. The Hall–Kier alpha value is -0.420. The first kappa shape index (κ1) is 17.9. The van der Waals surface area contributed by atoms with E-state index in [1.807, 2.05) is 37.4 Å². The average Bonchev–Trinajstić information content (AvgIpc) is 2.88. The summed E-state index contributed by atoms with van der Waals surface area (Å²) in [6.07, 6.45) is 9.55. The predicted octanol–water partition coefficient (Wildman–Crippen LogP) is 4.08. The number of likely N-dealkylation sites (tertiary alicyclic amines) is 1. The maximum atomic E-state index is 12.4. The van der Waals surface area contributed by atoms with Gasteiger partial charge in [-0.2, -0.15) is 11.8 Å². The van der Waals surface area contributed by atoms with Gasteiger partial charge >= 0.3 is 6.09 Å². The number of carbonyl (C=O) groups is 1. The first-order chi connectivity index (χ1) is 10.4. The van der Waals surface area contributed by atoms with Gasteiger partial charge in [0, 0.05) is 11.8 Å². The van der Waals surface area contributed by atoms with Gasteiger partial charge in [-0.3, -0.25) is 0 Å². The molecule has 128 valence electrons. The lowest BCUT2D eigenvalue weighted by Gasteiger charge is -2.30. The van der Waals surface area contributed by atoms with Crippen molar-refractivity contribution in [2.75, 3.05) is 19.4 Å². The molecule has 1 amide bonds. The maximum absolute atomic E-state index is 12.4. The van der Waals surface area contributed by atoms with E-state index in [1.165, 1.54) is 32.1 Å². The van der Waals surface area contributed by atoms with E-state index >= 15 is 0 Å². The van der Waals surface area contributed by atoms with Gasteiger partial charge in [0.1, 0.15) is 5.60 Å². The molecule has 2 unspecified atom stereocenters. The van der Waals surface area contributed by atoms with Gasteiger partial charge in [0.15, 0.2) is 0 Å². The van der Waals surface area contributed by atoms with Crippen LogP contribution in [0.1, 0.15) is 59.3 Å². The van der Waals surface area contributed by atoms with Crippen LogP contribution in [-0.2, 0) is 9.47 Å². The molecule has 5 heteroatoms. The van der Waals surface area contributed by atoms with E-state index in [-0.39, 0.29) is 12.1 Å². The Bertz CT molecular complexity index is 363. The number of hydrogen-bond acceptors (Lipinski definition) is 4. The number of rotatable bonds is 4. The highest BCUT2D eigenvalue weighted by molar-refractivity contribution is 7.99. The summed E-state index contributed by atoms with van der Waals surface area (Å²) in [5.74, 6) is 0. The number of amides is 1. The van der Waals surface area contributed by atoms with E-state index in [9.17, 15) is 4.79 Å². The fourth-order valence-corrected chi connectivity index (χ4v) is 3.95. The van der Waals surface area contributed by atoms with Gasteiger partial charge in [0.25, 0.3) is 0 Å². The van der Waals surface area contributed by atoms with Gasteiger partial charge in [-0.15, -0.1) is 0 Å². The summed E-state index contributed by atoms with van der Waals surface area (Å²) >= 11 is 1.83. The van der Waals surface area contributed by atoms with E-state index in [4.69, 9.17) is 9.47 Å². The van der Waals surface area contributed by atoms with Gasteiger partial charge in [-0.25, -0.2) is 4.79 Å². The topological polar surface area (TPSA) is 38.8 Å². The molecular weight excluding hydrogens is 298 g/mol. The second-order valence-electron chi connectivity index (χ2n) is 7.47. The fraction of sp³-hybridized carbons (Fsp3) is 0.941. The van der Waals surface area contributed by atoms with E-state index < -0.39 is 5.60 Å². The van der Waals surface area contributed by atoms with Crippen molar-refractivity contribution in [2.45, 2.75) is 82.3 Å². The summed E-state index contributed by atoms with van der Waals surface area (Å²) in [6.45, 7) is 7.18. The standard InChI is InChI=1S/C17H31NO3S/c1-17(2,3)21-16(19)18-11-15(22-4)10-13(18)12-20-14-8-6-5-7-9-14/h13-15H,5-12H2,1-4H3. The van der Waals surface area contributed by atoms with Crippen molar-refractivity contribution < 1.29 is 14.3 Å². The molecule has 0 N–H and O–H groups in total. The quantitative estimate of drug-likeness (QED) is 0.779. The van der Waals surface area contributed by atoms with Gasteiger partial charge in [-0.05, 0) is 46.3 Å². The molecular formula is C17H31NO3S. The summed E-state index contributed by atoms with van der Waals surface area (Å²) in [5.41, 5.74) is -0.441. The van der Waals surface area contributed by atoms with Gasteiger partial charge < -0.3 is 14.4 Å². The smallest absolute Gasteiger partial charge is 0.410 e. The monoisotopic (exact) mass is 329 g/mol. The summed E-state index contributed by atoms with van der Waals surface area (Å²) in [6, 6.07) is 0.161. The Balaban J connectivity index is 1.89. The lowest BCUT2D eigenvalue weighted by Crippen LogP contribution is -2.42. The van der Waals surface area contributed by atoms with E-state index in [2.05, 4.69) is 6.26 Å². The lowest BCUT2D eigenvalue weighted by molar-refractivity contribution is -0.0144. The summed E-state index contributed by atoms with van der Waals surface area (Å²) in [7, 11) is 0. The summed E-state index contributed by atoms with van der Waals surface area (Å²) < 4.78 is 11.7.